The SMILES string of the molecule is Cc1c[nH]c(CNC(C)C)c(C)c1=O. The molecule has 0 spiro atoms. The zero-order valence-electron chi connectivity index (χ0n) is 9.27. The average molecular weight is 194 g/mol. The Labute approximate surface area is 84.6 Å². The van der Waals surface area contributed by atoms with Crippen LogP contribution in [0.1, 0.15) is 30.7 Å². The highest BCUT2D eigenvalue weighted by Gasteiger charge is 2.04. The second-order valence-corrected chi connectivity index (χ2v) is 3.94. The fourth-order valence-electron chi connectivity index (χ4n) is 1.29. The van der Waals surface area contributed by atoms with Crippen molar-refractivity contribution in [2.45, 2.75) is 40.3 Å². The number of aromatic amines is 1. The number of aromatic nitrogens is 1. The van der Waals surface area contributed by atoms with Crippen LogP contribution in [0.3, 0.4) is 0 Å². The van der Waals surface area contributed by atoms with Crippen molar-refractivity contribution in [3.05, 3.63) is 33.2 Å². The van der Waals surface area contributed by atoms with E-state index in [0.717, 1.165) is 23.4 Å². The summed E-state index contributed by atoms with van der Waals surface area (Å²) in [5.41, 5.74) is 2.72. The number of nitrogens with one attached hydrogen (secondary N) is 2. The van der Waals surface area contributed by atoms with Crippen LogP contribution in [0.25, 0.3) is 0 Å². The Balaban J connectivity index is 2.89. The van der Waals surface area contributed by atoms with E-state index in [4.69, 9.17) is 0 Å². The molecule has 78 valence electrons. The van der Waals surface area contributed by atoms with Crippen molar-refractivity contribution in [1.29, 1.82) is 0 Å². The van der Waals surface area contributed by atoms with Gasteiger partial charge in [-0.3, -0.25) is 4.79 Å². The van der Waals surface area contributed by atoms with E-state index in [2.05, 4.69) is 24.1 Å². The quantitative estimate of drug-likeness (QED) is 0.765. The maximum absolute atomic E-state index is 11.6. The Kier molecular flexibility index (Phi) is 3.47. The molecular formula is C11H18N2O. The molecule has 0 bridgehead atoms. The molecule has 2 N–H and O–H groups in total. The molecule has 0 aliphatic rings. The molecule has 0 unspecified atom stereocenters. The van der Waals surface area contributed by atoms with Gasteiger partial charge in [-0.1, -0.05) is 13.8 Å². The predicted octanol–water partition coefficient (Wildman–Crippen LogP) is 1.49. The fraction of sp³-hybridized carbons (Fsp3) is 0.545. The van der Waals surface area contributed by atoms with Crippen molar-refractivity contribution in [3.8, 4) is 0 Å². The molecule has 0 atom stereocenters. The van der Waals surface area contributed by atoms with Gasteiger partial charge in [0.1, 0.15) is 0 Å². The monoisotopic (exact) mass is 194 g/mol. The topological polar surface area (TPSA) is 44.9 Å². The van der Waals surface area contributed by atoms with E-state index >= 15 is 0 Å². The van der Waals surface area contributed by atoms with Crippen molar-refractivity contribution in [1.82, 2.24) is 10.3 Å². The van der Waals surface area contributed by atoms with Crippen molar-refractivity contribution >= 4 is 0 Å². The Morgan fingerprint density at radius 3 is 2.64 bits per heavy atom. The number of aryl methyl sites for hydroxylation is 1. The number of hydrogen-bond donors (Lipinski definition) is 2. The van der Waals surface area contributed by atoms with Crippen molar-refractivity contribution in [3.63, 3.8) is 0 Å². The molecule has 0 amide bonds. The van der Waals surface area contributed by atoms with Gasteiger partial charge in [-0.05, 0) is 13.8 Å². The minimum absolute atomic E-state index is 0.143. The summed E-state index contributed by atoms with van der Waals surface area (Å²) in [6.45, 7) is 8.58. The summed E-state index contributed by atoms with van der Waals surface area (Å²) in [5.74, 6) is 0. The van der Waals surface area contributed by atoms with E-state index in [9.17, 15) is 4.79 Å². The summed E-state index contributed by atoms with van der Waals surface area (Å²) in [6, 6.07) is 0.430. The third-order valence-corrected chi connectivity index (χ3v) is 2.30. The molecule has 0 aliphatic heterocycles. The van der Waals surface area contributed by atoms with Gasteiger partial charge in [0.25, 0.3) is 0 Å². The molecule has 3 nitrogen and oxygen atoms in total. The lowest BCUT2D eigenvalue weighted by molar-refractivity contribution is 0.579. The zero-order valence-corrected chi connectivity index (χ0v) is 9.27. The summed E-state index contributed by atoms with van der Waals surface area (Å²) in [5, 5.41) is 3.28. The Morgan fingerprint density at radius 2 is 2.07 bits per heavy atom. The first-order valence-electron chi connectivity index (χ1n) is 4.93. The van der Waals surface area contributed by atoms with Crippen molar-refractivity contribution in [2.75, 3.05) is 0 Å². The lowest BCUT2D eigenvalue weighted by Crippen LogP contribution is -2.25. The third kappa shape index (κ3) is 2.45. The molecule has 0 saturated carbocycles. The summed E-state index contributed by atoms with van der Waals surface area (Å²) >= 11 is 0. The van der Waals surface area contributed by atoms with Crippen LogP contribution < -0.4 is 10.7 Å². The normalized spacial score (nSPS) is 10.9. The summed E-state index contributed by atoms with van der Waals surface area (Å²) < 4.78 is 0. The van der Waals surface area contributed by atoms with E-state index in [1.807, 2.05) is 13.8 Å². The molecule has 0 aliphatic carbocycles. The summed E-state index contributed by atoms with van der Waals surface area (Å²) in [4.78, 5) is 14.7. The Hall–Kier alpha value is -1.09. The van der Waals surface area contributed by atoms with Crippen LogP contribution in [0.2, 0.25) is 0 Å². The molecule has 0 saturated heterocycles. The molecule has 0 fully saturated rings. The molecule has 1 heterocycles. The van der Waals surface area contributed by atoms with Crippen LogP contribution >= 0.6 is 0 Å². The van der Waals surface area contributed by atoms with Crippen LogP contribution in [0.15, 0.2) is 11.0 Å². The molecule has 1 rings (SSSR count). The molecule has 0 radical (unpaired) electrons. The second kappa shape index (κ2) is 4.42. The van der Waals surface area contributed by atoms with Gasteiger partial charge in [0.2, 0.25) is 0 Å². The minimum Gasteiger partial charge on any atom is -0.363 e. The van der Waals surface area contributed by atoms with Gasteiger partial charge in [-0.2, -0.15) is 0 Å². The maximum atomic E-state index is 11.6. The van der Waals surface area contributed by atoms with Crippen molar-refractivity contribution < 1.29 is 0 Å². The van der Waals surface area contributed by atoms with Gasteiger partial charge in [0.15, 0.2) is 5.43 Å². The van der Waals surface area contributed by atoms with Crippen LogP contribution in [-0.4, -0.2) is 11.0 Å². The average Bonchev–Trinajstić information content (AvgIpc) is 2.13. The fourth-order valence-corrected chi connectivity index (χ4v) is 1.29. The third-order valence-electron chi connectivity index (χ3n) is 2.30. The summed E-state index contributed by atoms with van der Waals surface area (Å²) in [6.07, 6.45) is 1.77. The maximum Gasteiger partial charge on any atom is 0.187 e. The Bertz CT molecular complexity index is 366. The highest BCUT2D eigenvalue weighted by Crippen LogP contribution is 2.00. The highest BCUT2D eigenvalue weighted by atomic mass is 16.1. The predicted molar refractivity (Wildman–Crippen MR) is 58.5 cm³/mol. The smallest absolute Gasteiger partial charge is 0.187 e. The first-order valence-corrected chi connectivity index (χ1v) is 4.93. The molecular weight excluding hydrogens is 176 g/mol. The zero-order chi connectivity index (χ0) is 10.7. The van der Waals surface area contributed by atoms with Gasteiger partial charge in [0, 0.05) is 35.6 Å². The van der Waals surface area contributed by atoms with E-state index in [1.165, 1.54) is 0 Å². The molecule has 1 aromatic rings. The van der Waals surface area contributed by atoms with E-state index in [-0.39, 0.29) is 5.43 Å². The highest BCUT2D eigenvalue weighted by molar-refractivity contribution is 5.23. The van der Waals surface area contributed by atoms with Gasteiger partial charge >= 0.3 is 0 Å². The lowest BCUT2D eigenvalue weighted by atomic mass is 10.1. The molecule has 3 heteroatoms. The van der Waals surface area contributed by atoms with E-state index < -0.39 is 0 Å². The van der Waals surface area contributed by atoms with Crippen molar-refractivity contribution in [2.24, 2.45) is 0 Å². The van der Waals surface area contributed by atoms with E-state index in [1.54, 1.807) is 6.20 Å². The number of pyridine rings is 1. The van der Waals surface area contributed by atoms with Crippen LogP contribution in [0, 0.1) is 13.8 Å². The first kappa shape index (κ1) is 11.0. The Morgan fingerprint density at radius 1 is 1.43 bits per heavy atom. The molecule has 14 heavy (non-hydrogen) atoms. The minimum atomic E-state index is 0.143. The number of H-pyrrole nitrogens is 1. The van der Waals surface area contributed by atoms with Crippen LogP contribution in [0.4, 0.5) is 0 Å². The molecule has 1 aromatic heterocycles. The van der Waals surface area contributed by atoms with Gasteiger partial charge in [-0.15, -0.1) is 0 Å². The van der Waals surface area contributed by atoms with Gasteiger partial charge in [0.05, 0.1) is 0 Å². The van der Waals surface area contributed by atoms with Gasteiger partial charge in [-0.25, -0.2) is 0 Å². The first-order chi connectivity index (χ1) is 6.52. The number of rotatable bonds is 3. The van der Waals surface area contributed by atoms with Crippen LogP contribution in [-0.2, 0) is 6.54 Å². The van der Waals surface area contributed by atoms with Crippen LogP contribution in [0.5, 0.6) is 0 Å². The number of hydrogen-bond acceptors (Lipinski definition) is 2. The largest absolute Gasteiger partial charge is 0.363 e. The summed E-state index contributed by atoms with van der Waals surface area (Å²) in [7, 11) is 0. The van der Waals surface area contributed by atoms with E-state index in [0.29, 0.717) is 6.04 Å². The second-order valence-electron chi connectivity index (χ2n) is 3.94. The molecule has 0 aromatic carbocycles. The van der Waals surface area contributed by atoms with Gasteiger partial charge < -0.3 is 10.3 Å². The lowest BCUT2D eigenvalue weighted by Gasteiger charge is -2.10. The standard InChI is InChI=1S/C11H18N2O/c1-7(2)12-6-10-9(4)11(14)8(3)5-13-10/h5,7,12H,6H2,1-4H3,(H,13,14).